The molecule has 168 valence electrons. The third kappa shape index (κ3) is 3.62. The second-order valence-electron chi connectivity index (χ2n) is 8.01. The molecule has 7 nitrogen and oxygen atoms in total. The number of fused-ring (bicyclic) bond motifs is 3. The van der Waals surface area contributed by atoms with Gasteiger partial charge < -0.3 is 10.2 Å². The molecule has 0 bridgehead atoms. The van der Waals surface area contributed by atoms with Crippen LogP contribution in [0.15, 0.2) is 40.7 Å². The van der Waals surface area contributed by atoms with E-state index in [1.54, 1.807) is 22.7 Å². The van der Waals surface area contributed by atoms with Gasteiger partial charge in [0.1, 0.15) is 16.9 Å². The molecule has 1 atom stereocenters. The fourth-order valence-corrected chi connectivity index (χ4v) is 6.32. The fourth-order valence-electron chi connectivity index (χ4n) is 4.18. The van der Waals surface area contributed by atoms with E-state index in [9.17, 15) is 15.0 Å². The topological polar surface area (TPSA) is 101 Å². The zero-order valence-corrected chi connectivity index (χ0v) is 20.0. The minimum Gasteiger partial charge on any atom is -0.481 e. The summed E-state index contributed by atoms with van der Waals surface area (Å²) < 4.78 is 1.96. The number of aliphatic imine (C=N–C) groups is 1. The minimum atomic E-state index is -0.932. The Balaban J connectivity index is 1.69. The number of hydrogen-bond donors (Lipinski definition) is 2. The molecule has 4 aromatic rings. The second-order valence-corrected chi connectivity index (χ2v) is 10.1. The van der Waals surface area contributed by atoms with Gasteiger partial charge in [0.25, 0.3) is 0 Å². The van der Waals surface area contributed by atoms with Gasteiger partial charge in [-0.25, -0.2) is 0 Å². The van der Waals surface area contributed by atoms with Crippen molar-refractivity contribution in [3.05, 3.63) is 74.5 Å². The number of aromatic nitrogens is 3. The summed E-state index contributed by atoms with van der Waals surface area (Å²) in [5.74, 6) is 0.331. The predicted octanol–water partition coefficient (Wildman–Crippen LogP) is 4.84. The van der Waals surface area contributed by atoms with E-state index in [0.29, 0.717) is 11.6 Å². The zero-order chi connectivity index (χ0) is 23.3. The molecular formula is C24H22N4O3S2. The smallest absolute Gasteiger partial charge is 0.306 e. The van der Waals surface area contributed by atoms with Gasteiger partial charge in [-0.2, -0.15) is 0 Å². The summed E-state index contributed by atoms with van der Waals surface area (Å²) in [6.45, 7) is 6.03. The molecule has 0 saturated heterocycles. The Hall–Kier alpha value is -3.14. The standard InChI is InChI=1S/C24H22N4O3S2/c1-12-13(2)33-24-20(12)21(25-18(10-19(30)31)23-27-26-14(3)28(23)24)15-4-6-16(7-5-15)22-17(11-29)8-9-32-22/h4-9,18,29H,10-11H2,1-3H3,(H,30,31)/t18-/m0/s1. The third-order valence-electron chi connectivity index (χ3n) is 5.95. The lowest BCUT2D eigenvalue weighted by Gasteiger charge is -2.11. The summed E-state index contributed by atoms with van der Waals surface area (Å²) in [6.07, 6.45) is -0.165. The van der Waals surface area contributed by atoms with Crippen LogP contribution >= 0.6 is 22.7 Å². The van der Waals surface area contributed by atoms with Crippen LogP contribution in [-0.4, -0.2) is 36.7 Å². The van der Waals surface area contributed by atoms with Crippen molar-refractivity contribution in [2.75, 3.05) is 0 Å². The van der Waals surface area contributed by atoms with Crippen molar-refractivity contribution in [1.29, 1.82) is 0 Å². The average molecular weight is 479 g/mol. The first-order valence-corrected chi connectivity index (χ1v) is 12.2. The van der Waals surface area contributed by atoms with Crippen molar-refractivity contribution in [2.45, 2.75) is 39.8 Å². The van der Waals surface area contributed by atoms with E-state index in [0.717, 1.165) is 43.4 Å². The van der Waals surface area contributed by atoms with E-state index in [1.807, 2.05) is 47.2 Å². The SMILES string of the molecule is Cc1sc2c(c1C)C(c1ccc(-c3sccc3CO)cc1)=N[C@@H](CC(=O)O)c1nnc(C)n1-2. The van der Waals surface area contributed by atoms with E-state index in [1.165, 1.54) is 4.88 Å². The van der Waals surface area contributed by atoms with Gasteiger partial charge in [-0.1, -0.05) is 24.3 Å². The lowest BCUT2D eigenvalue weighted by atomic mass is 9.98. The van der Waals surface area contributed by atoms with Crippen molar-refractivity contribution in [1.82, 2.24) is 14.8 Å². The molecule has 0 amide bonds. The molecule has 9 heteroatoms. The molecule has 0 fully saturated rings. The summed E-state index contributed by atoms with van der Waals surface area (Å²) in [7, 11) is 0. The Morgan fingerprint density at radius 1 is 1.09 bits per heavy atom. The zero-order valence-electron chi connectivity index (χ0n) is 18.4. The van der Waals surface area contributed by atoms with Crippen LogP contribution in [0.1, 0.15) is 51.2 Å². The maximum absolute atomic E-state index is 11.7. The first-order valence-electron chi connectivity index (χ1n) is 10.5. The maximum Gasteiger partial charge on any atom is 0.306 e. The number of rotatable bonds is 5. The minimum absolute atomic E-state index is 0.000251. The summed E-state index contributed by atoms with van der Waals surface area (Å²) in [6, 6.07) is 9.38. The normalized spacial score (nSPS) is 15.0. The number of carboxylic acids is 1. The van der Waals surface area contributed by atoms with Crippen LogP contribution in [0.4, 0.5) is 0 Å². The molecule has 4 heterocycles. The third-order valence-corrected chi connectivity index (χ3v) is 8.14. The molecule has 1 aliphatic rings. The number of aliphatic hydroxyl groups excluding tert-OH is 1. The molecule has 33 heavy (non-hydrogen) atoms. The molecule has 0 spiro atoms. The molecule has 1 aliphatic heterocycles. The largest absolute Gasteiger partial charge is 0.481 e. The quantitative estimate of drug-likeness (QED) is 0.427. The van der Waals surface area contributed by atoms with E-state index in [2.05, 4.69) is 24.0 Å². The highest BCUT2D eigenvalue weighted by Crippen LogP contribution is 2.40. The summed E-state index contributed by atoms with van der Waals surface area (Å²) in [4.78, 5) is 18.8. The Kier molecular flexibility index (Phi) is 5.48. The van der Waals surface area contributed by atoms with Crippen LogP contribution in [0.2, 0.25) is 0 Å². The van der Waals surface area contributed by atoms with Gasteiger partial charge >= 0.3 is 5.97 Å². The summed E-state index contributed by atoms with van der Waals surface area (Å²) in [5, 5.41) is 30.7. The number of hydrogen-bond acceptors (Lipinski definition) is 7. The summed E-state index contributed by atoms with van der Waals surface area (Å²) in [5.41, 5.74) is 5.72. The van der Waals surface area contributed by atoms with Gasteiger partial charge in [-0.05, 0) is 48.9 Å². The lowest BCUT2D eigenvalue weighted by Crippen LogP contribution is -2.10. The first-order chi connectivity index (χ1) is 15.9. The molecule has 1 aromatic carbocycles. The number of carboxylic acid groups (broad SMARTS) is 1. The number of nitrogens with zero attached hydrogens (tertiary/aromatic N) is 4. The highest BCUT2D eigenvalue weighted by molar-refractivity contribution is 7.15. The molecule has 0 radical (unpaired) electrons. The van der Waals surface area contributed by atoms with Crippen LogP contribution in [-0.2, 0) is 11.4 Å². The molecule has 3 aromatic heterocycles. The van der Waals surface area contributed by atoms with Gasteiger partial charge in [-0.15, -0.1) is 32.9 Å². The van der Waals surface area contributed by atoms with E-state index >= 15 is 0 Å². The van der Waals surface area contributed by atoms with Crippen LogP contribution in [0.25, 0.3) is 15.4 Å². The van der Waals surface area contributed by atoms with Gasteiger partial charge in [0.15, 0.2) is 5.82 Å². The van der Waals surface area contributed by atoms with Crippen LogP contribution in [0.3, 0.4) is 0 Å². The number of aliphatic hydroxyl groups is 1. The Bertz CT molecular complexity index is 1400. The fraction of sp³-hybridized carbons (Fsp3) is 0.250. The number of benzene rings is 1. The molecule has 5 rings (SSSR count). The van der Waals surface area contributed by atoms with Crippen molar-refractivity contribution in [3.8, 4) is 15.4 Å². The van der Waals surface area contributed by atoms with Gasteiger partial charge in [0.05, 0.1) is 18.7 Å². The van der Waals surface area contributed by atoms with Crippen molar-refractivity contribution < 1.29 is 15.0 Å². The molecule has 0 saturated carbocycles. The van der Waals surface area contributed by atoms with Crippen LogP contribution in [0.5, 0.6) is 0 Å². The van der Waals surface area contributed by atoms with Crippen LogP contribution in [0, 0.1) is 20.8 Å². The lowest BCUT2D eigenvalue weighted by molar-refractivity contribution is -0.137. The maximum atomic E-state index is 11.7. The van der Waals surface area contributed by atoms with Crippen LogP contribution < -0.4 is 0 Å². The van der Waals surface area contributed by atoms with Gasteiger partial charge in [0.2, 0.25) is 0 Å². The molecule has 0 unspecified atom stereocenters. The monoisotopic (exact) mass is 478 g/mol. The van der Waals surface area contributed by atoms with Crippen molar-refractivity contribution >= 4 is 34.4 Å². The highest BCUT2D eigenvalue weighted by atomic mass is 32.1. The Morgan fingerprint density at radius 3 is 2.52 bits per heavy atom. The average Bonchev–Trinajstić information content (AvgIpc) is 3.47. The molecule has 2 N–H and O–H groups in total. The summed E-state index contributed by atoms with van der Waals surface area (Å²) >= 11 is 3.24. The van der Waals surface area contributed by atoms with E-state index in [4.69, 9.17) is 4.99 Å². The number of aryl methyl sites for hydroxylation is 2. The van der Waals surface area contributed by atoms with E-state index < -0.39 is 12.0 Å². The number of aliphatic carboxylic acids is 1. The highest BCUT2D eigenvalue weighted by Gasteiger charge is 2.32. The van der Waals surface area contributed by atoms with Crippen molar-refractivity contribution in [2.24, 2.45) is 4.99 Å². The van der Waals surface area contributed by atoms with Gasteiger partial charge in [0, 0.05) is 20.9 Å². The second kappa shape index (κ2) is 8.33. The molecule has 0 aliphatic carbocycles. The molecular weight excluding hydrogens is 456 g/mol. The Labute approximate surface area is 198 Å². The van der Waals surface area contributed by atoms with E-state index in [-0.39, 0.29) is 13.0 Å². The predicted molar refractivity (Wildman–Crippen MR) is 130 cm³/mol. The number of thiophene rings is 2. The Morgan fingerprint density at radius 2 is 1.82 bits per heavy atom. The van der Waals surface area contributed by atoms with Crippen molar-refractivity contribution in [3.63, 3.8) is 0 Å². The first kappa shape index (κ1) is 21.7. The number of carbonyl (C=O) groups is 1. The van der Waals surface area contributed by atoms with Gasteiger partial charge in [-0.3, -0.25) is 14.4 Å².